The van der Waals surface area contributed by atoms with Gasteiger partial charge in [0.1, 0.15) is 28.6 Å². The van der Waals surface area contributed by atoms with Crippen molar-refractivity contribution in [2.75, 3.05) is 14.2 Å². The van der Waals surface area contributed by atoms with Crippen molar-refractivity contribution in [1.82, 2.24) is 4.90 Å². The van der Waals surface area contributed by atoms with Gasteiger partial charge in [-0.25, -0.2) is 9.79 Å². The Labute approximate surface area is 163 Å². The summed E-state index contributed by atoms with van der Waals surface area (Å²) < 4.78 is 11.3. The van der Waals surface area contributed by atoms with Crippen LogP contribution in [0.2, 0.25) is 0 Å². The van der Waals surface area contributed by atoms with Crippen molar-refractivity contribution in [3.8, 4) is 11.8 Å². The number of hydrogen-bond donors (Lipinski definition) is 1. The first-order valence-corrected chi connectivity index (χ1v) is 9.12. The highest BCUT2D eigenvalue weighted by Gasteiger charge is 2.43. The largest absolute Gasteiger partial charge is 0.496 e. The quantitative estimate of drug-likeness (QED) is 0.729. The zero-order chi connectivity index (χ0) is 19.0. The molecule has 0 bridgehead atoms. The molecule has 0 unspecified atom stereocenters. The Bertz CT molecular complexity index is 932. The summed E-state index contributed by atoms with van der Waals surface area (Å²) >= 11 is 4.63. The second kappa shape index (κ2) is 7.05. The number of ether oxygens (including phenoxy) is 2. The summed E-state index contributed by atoms with van der Waals surface area (Å²) in [7, 11) is 2.87. The van der Waals surface area contributed by atoms with E-state index in [0.29, 0.717) is 32.7 Å². The predicted molar refractivity (Wildman–Crippen MR) is 102 cm³/mol. The number of carbonyl (C=O) groups excluding carboxylic acids is 1. The highest BCUT2D eigenvalue weighted by Crippen LogP contribution is 2.47. The van der Waals surface area contributed by atoms with Gasteiger partial charge in [-0.1, -0.05) is 15.9 Å². The van der Waals surface area contributed by atoms with Gasteiger partial charge in [0.05, 0.1) is 25.5 Å². The van der Waals surface area contributed by atoms with Crippen LogP contribution in [0.4, 0.5) is 0 Å². The van der Waals surface area contributed by atoms with Gasteiger partial charge in [0.15, 0.2) is 5.17 Å². The van der Waals surface area contributed by atoms with Crippen molar-refractivity contribution in [3.05, 3.63) is 50.2 Å². The van der Waals surface area contributed by atoms with Crippen LogP contribution in [0.15, 0.2) is 49.7 Å². The lowest BCUT2D eigenvalue weighted by Gasteiger charge is -2.35. The fraction of sp³-hybridized carbons (Fsp3) is 0.235. The van der Waals surface area contributed by atoms with E-state index in [9.17, 15) is 10.1 Å². The van der Waals surface area contributed by atoms with Crippen molar-refractivity contribution in [1.29, 1.82) is 5.26 Å². The van der Waals surface area contributed by atoms with Gasteiger partial charge in [-0.2, -0.15) is 5.26 Å². The zero-order valence-corrected chi connectivity index (χ0v) is 16.6. The van der Waals surface area contributed by atoms with Gasteiger partial charge >= 0.3 is 5.97 Å². The number of esters is 1. The number of thioether (sulfide) groups is 1. The van der Waals surface area contributed by atoms with Crippen LogP contribution >= 0.6 is 27.7 Å². The second-order valence-corrected chi connectivity index (χ2v) is 7.37. The number of rotatable bonds is 3. The molecule has 0 fully saturated rings. The lowest BCUT2D eigenvalue weighted by Crippen LogP contribution is -2.38. The molecule has 2 aliphatic heterocycles. The molecule has 2 aliphatic rings. The summed E-state index contributed by atoms with van der Waals surface area (Å²) in [6.45, 7) is 1.73. The van der Waals surface area contributed by atoms with Crippen LogP contribution in [0.25, 0.3) is 0 Å². The Morgan fingerprint density at radius 3 is 2.81 bits per heavy atom. The van der Waals surface area contributed by atoms with Gasteiger partial charge < -0.3 is 15.2 Å². The third-order valence-corrected chi connectivity index (χ3v) is 5.54. The van der Waals surface area contributed by atoms with Crippen molar-refractivity contribution >= 4 is 38.8 Å². The average molecular weight is 435 g/mol. The second-order valence-electron chi connectivity index (χ2n) is 5.47. The molecule has 0 saturated carbocycles. The minimum Gasteiger partial charge on any atom is -0.496 e. The topological polar surface area (TPSA) is 101 Å². The molecule has 0 saturated heterocycles. The first kappa shape index (κ1) is 18.4. The van der Waals surface area contributed by atoms with E-state index in [1.54, 1.807) is 25.0 Å². The molecule has 2 N–H and O–H groups in total. The molecule has 0 aromatic heterocycles. The molecule has 1 aromatic carbocycles. The average Bonchev–Trinajstić information content (AvgIpc) is 2.95. The van der Waals surface area contributed by atoms with E-state index in [4.69, 9.17) is 15.2 Å². The number of amidine groups is 1. The summed E-state index contributed by atoms with van der Waals surface area (Å²) in [6, 6.07) is 6.94. The summed E-state index contributed by atoms with van der Waals surface area (Å²) in [6.07, 6.45) is 0. The highest BCUT2D eigenvalue weighted by atomic mass is 79.9. The molecule has 3 rings (SSSR count). The van der Waals surface area contributed by atoms with Gasteiger partial charge in [0.2, 0.25) is 0 Å². The minimum absolute atomic E-state index is 0.247. The Morgan fingerprint density at radius 2 is 2.19 bits per heavy atom. The van der Waals surface area contributed by atoms with E-state index in [-0.39, 0.29) is 5.82 Å². The molecule has 1 atom stereocenters. The molecular formula is C17H15BrN4O3S. The summed E-state index contributed by atoms with van der Waals surface area (Å²) in [4.78, 5) is 19.0. The summed E-state index contributed by atoms with van der Waals surface area (Å²) in [5.41, 5.74) is 7.76. The van der Waals surface area contributed by atoms with Gasteiger partial charge in [0, 0.05) is 10.0 Å². The third-order valence-electron chi connectivity index (χ3n) is 4.07. The van der Waals surface area contributed by atoms with Gasteiger partial charge in [-0.05, 0) is 36.9 Å². The van der Waals surface area contributed by atoms with Crippen LogP contribution in [0, 0.1) is 11.3 Å². The van der Waals surface area contributed by atoms with E-state index in [1.165, 1.54) is 18.9 Å². The van der Waals surface area contributed by atoms with Crippen molar-refractivity contribution in [2.24, 2.45) is 10.7 Å². The number of halogens is 1. The van der Waals surface area contributed by atoms with Gasteiger partial charge in [-0.3, -0.25) is 4.90 Å². The van der Waals surface area contributed by atoms with E-state index in [0.717, 1.165) is 4.47 Å². The number of aliphatic imine (C=N–C) groups is 1. The number of benzene rings is 1. The maximum Gasteiger partial charge on any atom is 0.338 e. The Kier molecular flexibility index (Phi) is 4.98. The Morgan fingerprint density at radius 1 is 1.46 bits per heavy atom. The molecule has 2 heterocycles. The van der Waals surface area contributed by atoms with E-state index < -0.39 is 12.0 Å². The zero-order valence-electron chi connectivity index (χ0n) is 14.2. The van der Waals surface area contributed by atoms with Gasteiger partial charge in [0.25, 0.3) is 0 Å². The number of carbonyl (C=O) groups is 1. The number of fused-ring (bicyclic) bond motifs is 1. The van der Waals surface area contributed by atoms with Crippen molar-refractivity contribution in [2.45, 2.75) is 13.0 Å². The van der Waals surface area contributed by atoms with Gasteiger partial charge in [-0.15, -0.1) is 0 Å². The lowest BCUT2D eigenvalue weighted by molar-refractivity contribution is -0.136. The number of allylic oxidation sites excluding steroid dienone is 2. The fourth-order valence-electron chi connectivity index (χ4n) is 2.92. The monoisotopic (exact) mass is 434 g/mol. The molecule has 0 spiro atoms. The molecule has 0 amide bonds. The van der Waals surface area contributed by atoms with Crippen molar-refractivity contribution < 1.29 is 14.3 Å². The molecular weight excluding hydrogens is 420 g/mol. The standard InChI is InChI=1S/C17H15BrN4O3S/c1-8-13(16(23)25-3)14(10-6-9(18)4-5-11(10)24-2)22-15(20)12(7-19)26-17(22)21-8/h4-6,14H,20H2,1-3H3/t14-/m0/s1. The number of nitriles is 1. The van der Waals surface area contributed by atoms with Crippen LogP contribution in [-0.2, 0) is 9.53 Å². The Balaban J connectivity index is 2.29. The highest BCUT2D eigenvalue weighted by molar-refractivity contribution is 9.10. The third kappa shape index (κ3) is 2.85. The Hall–Kier alpha value is -2.44. The van der Waals surface area contributed by atoms with Crippen LogP contribution in [-0.4, -0.2) is 30.3 Å². The number of methoxy groups -OCH3 is 2. The molecule has 26 heavy (non-hydrogen) atoms. The van der Waals surface area contributed by atoms with E-state index in [2.05, 4.69) is 27.0 Å². The van der Waals surface area contributed by atoms with E-state index in [1.807, 2.05) is 12.1 Å². The molecule has 0 radical (unpaired) electrons. The molecule has 1 aromatic rings. The molecule has 9 heteroatoms. The van der Waals surface area contributed by atoms with Crippen LogP contribution in [0.3, 0.4) is 0 Å². The van der Waals surface area contributed by atoms with Crippen LogP contribution in [0.5, 0.6) is 5.75 Å². The maximum absolute atomic E-state index is 12.5. The number of hydrogen-bond acceptors (Lipinski definition) is 8. The summed E-state index contributed by atoms with van der Waals surface area (Å²) in [5, 5.41) is 9.88. The maximum atomic E-state index is 12.5. The molecule has 0 aliphatic carbocycles. The lowest BCUT2D eigenvalue weighted by atomic mass is 9.93. The fourth-order valence-corrected chi connectivity index (χ4v) is 4.22. The number of nitrogens with two attached hydrogens (primary N) is 1. The van der Waals surface area contributed by atoms with Crippen LogP contribution in [0.1, 0.15) is 18.5 Å². The molecule has 134 valence electrons. The smallest absolute Gasteiger partial charge is 0.338 e. The summed E-state index contributed by atoms with van der Waals surface area (Å²) in [5.74, 6) is 0.314. The predicted octanol–water partition coefficient (Wildman–Crippen LogP) is 3.02. The first-order valence-electron chi connectivity index (χ1n) is 7.51. The van der Waals surface area contributed by atoms with E-state index >= 15 is 0 Å². The molecule has 7 nitrogen and oxygen atoms in total. The number of nitrogens with zero attached hydrogens (tertiary/aromatic N) is 3. The SMILES string of the molecule is COC(=O)C1=C(C)N=C2SC(C#N)=C(N)N2[C@H]1c1cc(Br)ccc1OC. The van der Waals surface area contributed by atoms with Crippen LogP contribution < -0.4 is 10.5 Å². The first-order chi connectivity index (χ1) is 12.4. The minimum atomic E-state index is -0.624. The normalized spacial score (nSPS) is 19.1. The van der Waals surface area contributed by atoms with Crippen molar-refractivity contribution in [3.63, 3.8) is 0 Å².